The number of rotatable bonds is 3. The van der Waals surface area contributed by atoms with Gasteiger partial charge in [-0.05, 0) is 36.8 Å². The van der Waals surface area contributed by atoms with Gasteiger partial charge in [-0.25, -0.2) is 4.39 Å². The number of fused-ring (bicyclic) bond motifs is 1. The predicted molar refractivity (Wildman–Crippen MR) is 77.1 cm³/mol. The van der Waals surface area contributed by atoms with Crippen LogP contribution in [0, 0.1) is 27.8 Å². The number of nitro benzene ring substituents is 1. The Bertz CT molecular complexity index is 552. The van der Waals surface area contributed by atoms with Crippen molar-refractivity contribution in [3.05, 3.63) is 39.7 Å². The molecule has 0 bridgehead atoms. The smallest absolute Gasteiger partial charge is 0.274 e. The van der Waals surface area contributed by atoms with E-state index in [1.165, 1.54) is 18.6 Å². The summed E-state index contributed by atoms with van der Waals surface area (Å²) >= 11 is 0. The van der Waals surface area contributed by atoms with Crippen LogP contribution in [0.1, 0.15) is 24.8 Å². The summed E-state index contributed by atoms with van der Waals surface area (Å²) in [4.78, 5) is 12.8. The van der Waals surface area contributed by atoms with Gasteiger partial charge >= 0.3 is 0 Å². The lowest BCUT2D eigenvalue weighted by Gasteiger charge is -2.29. The first kappa shape index (κ1) is 14.4. The topological polar surface area (TPSA) is 72.4 Å². The average molecular weight is 293 g/mol. The van der Waals surface area contributed by atoms with E-state index in [-0.39, 0.29) is 11.7 Å². The molecule has 21 heavy (non-hydrogen) atoms. The van der Waals surface area contributed by atoms with E-state index in [1.807, 2.05) is 0 Å². The van der Waals surface area contributed by atoms with Crippen LogP contribution in [0.3, 0.4) is 0 Å². The third-order valence-electron chi connectivity index (χ3n) is 4.86. The normalized spacial score (nSPS) is 29.3. The van der Waals surface area contributed by atoms with Gasteiger partial charge in [0.15, 0.2) is 0 Å². The van der Waals surface area contributed by atoms with Gasteiger partial charge in [0.25, 0.3) is 5.69 Å². The van der Waals surface area contributed by atoms with Crippen molar-refractivity contribution in [2.75, 3.05) is 13.1 Å². The van der Waals surface area contributed by atoms with Crippen LogP contribution in [0.2, 0.25) is 0 Å². The highest BCUT2D eigenvalue weighted by atomic mass is 19.1. The molecule has 2 fully saturated rings. The molecule has 1 aliphatic carbocycles. The van der Waals surface area contributed by atoms with E-state index in [0.717, 1.165) is 32.0 Å². The lowest BCUT2D eigenvalue weighted by atomic mass is 9.78. The Balaban J connectivity index is 1.76. The molecule has 1 saturated heterocycles. The van der Waals surface area contributed by atoms with E-state index in [1.54, 1.807) is 0 Å². The van der Waals surface area contributed by atoms with Gasteiger partial charge in [-0.1, -0.05) is 6.42 Å². The maximum absolute atomic E-state index is 13.4. The highest BCUT2D eigenvalue weighted by Crippen LogP contribution is 2.36. The molecule has 3 unspecified atom stereocenters. The Morgan fingerprint density at radius 3 is 2.90 bits per heavy atom. The predicted octanol–water partition coefficient (Wildman–Crippen LogP) is 2.29. The first-order chi connectivity index (χ1) is 10.0. The van der Waals surface area contributed by atoms with Crippen LogP contribution in [0.4, 0.5) is 10.1 Å². The van der Waals surface area contributed by atoms with Crippen molar-refractivity contribution in [2.45, 2.75) is 31.8 Å². The molecule has 0 radical (unpaired) electrons. The lowest BCUT2D eigenvalue weighted by molar-refractivity contribution is -0.385. The highest BCUT2D eigenvalue weighted by molar-refractivity contribution is 5.40. The van der Waals surface area contributed by atoms with Crippen LogP contribution in [-0.4, -0.2) is 29.0 Å². The van der Waals surface area contributed by atoms with Crippen LogP contribution in [0.25, 0.3) is 0 Å². The number of likely N-dealkylation sites (tertiary alicyclic amines) is 1. The van der Waals surface area contributed by atoms with Crippen LogP contribution < -0.4 is 5.73 Å². The molecule has 2 aliphatic rings. The van der Waals surface area contributed by atoms with E-state index in [9.17, 15) is 14.5 Å². The van der Waals surface area contributed by atoms with Crippen molar-refractivity contribution in [2.24, 2.45) is 17.6 Å². The zero-order valence-corrected chi connectivity index (χ0v) is 11.9. The summed E-state index contributed by atoms with van der Waals surface area (Å²) in [6.45, 7) is 2.19. The Morgan fingerprint density at radius 1 is 1.38 bits per heavy atom. The maximum atomic E-state index is 13.4. The summed E-state index contributed by atoms with van der Waals surface area (Å²) in [5, 5.41) is 11.1. The molecule has 1 heterocycles. The van der Waals surface area contributed by atoms with Crippen molar-refractivity contribution in [3.8, 4) is 0 Å². The van der Waals surface area contributed by atoms with Crippen molar-refractivity contribution in [1.29, 1.82) is 0 Å². The van der Waals surface area contributed by atoms with Gasteiger partial charge in [0, 0.05) is 37.3 Å². The number of benzene rings is 1. The number of hydrogen-bond donors (Lipinski definition) is 1. The van der Waals surface area contributed by atoms with Crippen molar-refractivity contribution in [1.82, 2.24) is 4.90 Å². The molecular formula is C15H20FN3O2. The number of nitro groups is 1. The van der Waals surface area contributed by atoms with Gasteiger partial charge in [0.1, 0.15) is 5.82 Å². The summed E-state index contributed by atoms with van der Waals surface area (Å²) in [6.07, 6.45) is 3.41. The van der Waals surface area contributed by atoms with Gasteiger partial charge in [-0.15, -0.1) is 0 Å². The fourth-order valence-electron chi connectivity index (χ4n) is 3.84. The summed E-state index contributed by atoms with van der Waals surface area (Å²) < 4.78 is 13.4. The van der Waals surface area contributed by atoms with Crippen LogP contribution in [-0.2, 0) is 6.54 Å². The number of nitrogens with two attached hydrogens (primary N) is 1. The highest BCUT2D eigenvalue weighted by Gasteiger charge is 2.38. The van der Waals surface area contributed by atoms with Crippen molar-refractivity contribution >= 4 is 5.69 Å². The minimum atomic E-state index is -0.441. The molecular weight excluding hydrogens is 273 g/mol. The van der Waals surface area contributed by atoms with E-state index >= 15 is 0 Å². The second-order valence-electron chi connectivity index (χ2n) is 6.24. The molecule has 0 spiro atoms. The Labute approximate surface area is 123 Å². The summed E-state index contributed by atoms with van der Waals surface area (Å²) in [6, 6.07) is 3.90. The first-order valence-corrected chi connectivity index (χ1v) is 7.45. The van der Waals surface area contributed by atoms with Crippen LogP contribution >= 0.6 is 0 Å². The van der Waals surface area contributed by atoms with Gasteiger partial charge in [-0.3, -0.25) is 15.0 Å². The van der Waals surface area contributed by atoms with Gasteiger partial charge in [0.2, 0.25) is 0 Å². The quantitative estimate of drug-likeness (QED) is 0.685. The van der Waals surface area contributed by atoms with Crippen molar-refractivity contribution in [3.63, 3.8) is 0 Å². The minimum Gasteiger partial charge on any atom is -0.327 e. The number of hydrogen-bond acceptors (Lipinski definition) is 4. The third kappa shape index (κ3) is 2.91. The van der Waals surface area contributed by atoms with Crippen molar-refractivity contribution < 1.29 is 9.31 Å². The second kappa shape index (κ2) is 5.69. The molecule has 1 aromatic rings. The molecule has 0 aromatic heterocycles. The lowest BCUT2D eigenvalue weighted by Crippen LogP contribution is -2.38. The molecule has 1 saturated carbocycles. The SMILES string of the molecule is NC1CCCC2CN(Cc3cc(F)ccc3[N+](=O)[O-])CC12. The molecule has 2 N–H and O–H groups in total. The van der Waals surface area contributed by atoms with Gasteiger partial charge in [0.05, 0.1) is 4.92 Å². The largest absolute Gasteiger partial charge is 0.327 e. The molecule has 1 aromatic carbocycles. The zero-order chi connectivity index (χ0) is 15.0. The standard InChI is InChI=1S/C15H20FN3O2/c16-12-4-5-15(19(20)21)11(6-12)8-18-7-10-2-1-3-14(17)13(10)9-18/h4-6,10,13-14H,1-3,7-9,17H2. The van der Waals surface area contributed by atoms with E-state index in [0.29, 0.717) is 23.9 Å². The Kier molecular flexibility index (Phi) is 3.91. The Hall–Kier alpha value is -1.53. The fraction of sp³-hybridized carbons (Fsp3) is 0.600. The van der Waals surface area contributed by atoms with E-state index in [2.05, 4.69) is 4.90 Å². The molecule has 3 rings (SSSR count). The third-order valence-corrected chi connectivity index (χ3v) is 4.86. The molecule has 1 aliphatic heterocycles. The summed E-state index contributed by atoms with van der Waals surface area (Å²) in [5.74, 6) is 0.636. The molecule has 5 nitrogen and oxygen atoms in total. The van der Waals surface area contributed by atoms with Crippen LogP contribution in [0.5, 0.6) is 0 Å². The maximum Gasteiger partial charge on any atom is 0.274 e. The van der Waals surface area contributed by atoms with Gasteiger partial charge in [-0.2, -0.15) is 0 Å². The van der Waals surface area contributed by atoms with Gasteiger partial charge < -0.3 is 5.73 Å². The summed E-state index contributed by atoms with van der Waals surface area (Å²) in [5.41, 5.74) is 6.63. The first-order valence-electron chi connectivity index (χ1n) is 7.45. The molecule has 114 valence electrons. The molecule has 3 atom stereocenters. The summed E-state index contributed by atoms with van der Waals surface area (Å²) in [7, 11) is 0. The number of halogens is 1. The fourth-order valence-corrected chi connectivity index (χ4v) is 3.84. The molecule has 0 amide bonds. The number of nitrogens with zero attached hydrogens (tertiary/aromatic N) is 2. The van der Waals surface area contributed by atoms with E-state index < -0.39 is 10.7 Å². The average Bonchev–Trinajstić information content (AvgIpc) is 2.82. The minimum absolute atomic E-state index is 0.00410. The Morgan fingerprint density at radius 2 is 2.19 bits per heavy atom. The zero-order valence-electron chi connectivity index (χ0n) is 11.9. The van der Waals surface area contributed by atoms with Crippen LogP contribution in [0.15, 0.2) is 18.2 Å². The monoisotopic (exact) mass is 293 g/mol. The van der Waals surface area contributed by atoms with E-state index in [4.69, 9.17) is 5.73 Å². The second-order valence-corrected chi connectivity index (χ2v) is 6.24. The molecule has 6 heteroatoms.